The van der Waals surface area contributed by atoms with Gasteiger partial charge in [0.05, 0.1) is 39.5 Å². The van der Waals surface area contributed by atoms with Crippen molar-refractivity contribution in [1.29, 1.82) is 0 Å². The second-order valence-corrected chi connectivity index (χ2v) is 17.1. The second kappa shape index (κ2) is 8.17. The van der Waals surface area contributed by atoms with Crippen molar-refractivity contribution in [2.45, 2.75) is 76.0 Å². The zero-order valence-electron chi connectivity index (χ0n) is 22.1. The Morgan fingerprint density at radius 2 is 1.76 bits per heavy atom. The number of non-ortho nitro benzene ring substituents is 1. The van der Waals surface area contributed by atoms with Gasteiger partial charge in [0.1, 0.15) is 5.60 Å². The van der Waals surface area contributed by atoms with Crippen LogP contribution in [0.15, 0.2) is 36.4 Å². The second-order valence-electron chi connectivity index (χ2n) is 12.3. The first-order chi connectivity index (χ1) is 17.1. The van der Waals surface area contributed by atoms with Gasteiger partial charge in [0.2, 0.25) is 11.8 Å². The molecule has 0 saturated carbocycles. The van der Waals surface area contributed by atoms with E-state index in [1.54, 1.807) is 31.2 Å². The topological polar surface area (TPSA) is 119 Å². The summed E-state index contributed by atoms with van der Waals surface area (Å²) in [6, 6.07) is 9.49. The number of aliphatic hydroxyl groups excluding tert-OH is 1. The molecule has 0 unspecified atom stereocenters. The van der Waals surface area contributed by atoms with E-state index < -0.39 is 54.2 Å². The smallest absolute Gasteiger partial charge is 0.277 e. The SMILES string of the molecule is CC(C)(C)[Si](C)(C)OCC[C@]12C[C@H](O)[C@](C)(O1)[C@@H]1C(=O)N(c3ccc([N+](=O)[O-])c4ccccc34)C(=O)[C@@H]12. The summed E-state index contributed by atoms with van der Waals surface area (Å²) >= 11 is 0. The lowest BCUT2D eigenvalue weighted by molar-refractivity contribution is -0.383. The fourth-order valence-electron chi connectivity index (χ4n) is 6.18. The number of imide groups is 1. The minimum Gasteiger partial charge on any atom is -0.417 e. The molecule has 37 heavy (non-hydrogen) atoms. The van der Waals surface area contributed by atoms with Crippen LogP contribution in [0, 0.1) is 22.0 Å². The number of benzene rings is 2. The average molecular weight is 527 g/mol. The Balaban J connectivity index is 1.52. The number of aliphatic hydroxyl groups is 1. The molecule has 1 N–H and O–H groups in total. The number of rotatable bonds is 6. The molecule has 3 fully saturated rings. The number of anilines is 1. The third-order valence-corrected chi connectivity index (χ3v) is 13.8. The van der Waals surface area contributed by atoms with Gasteiger partial charge in [-0.25, -0.2) is 4.90 Å². The van der Waals surface area contributed by atoms with Crippen LogP contribution in [-0.2, 0) is 18.8 Å². The van der Waals surface area contributed by atoms with Crippen LogP contribution in [0.5, 0.6) is 0 Å². The molecular formula is C27H34N2O7Si. The van der Waals surface area contributed by atoms with Crippen molar-refractivity contribution in [3.63, 3.8) is 0 Å². The summed E-state index contributed by atoms with van der Waals surface area (Å²) in [6.45, 7) is 12.8. The van der Waals surface area contributed by atoms with Crippen LogP contribution in [0.25, 0.3) is 10.8 Å². The molecule has 198 valence electrons. The minimum atomic E-state index is -2.06. The zero-order chi connectivity index (χ0) is 27.1. The summed E-state index contributed by atoms with van der Waals surface area (Å²) in [4.78, 5) is 40.1. The molecule has 0 aromatic heterocycles. The molecule has 2 amide bonds. The Morgan fingerprint density at radius 3 is 2.38 bits per heavy atom. The molecule has 3 saturated heterocycles. The normalized spacial score (nSPS) is 31.4. The van der Waals surface area contributed by atoms with Crippen LogP contribution in [0.2, 0.25) is 18.1 Å². The highest BCUT2D eigenvalue weighted by atomic mass is 28.4. The van der Waals surface area contributed by atoms with E-state index in [4.69, 9.17) is 9.16 Å². The minimum absolute atomic E-state index is 0.0142. The lowest BCUT2D eigenvalue weighted by atomic mass is 9.66. The number of nitro benzene ring substituents is 1. The molecular weight excluding hydrogens is 492 g/mol. The zero-order valence-corrected chi connectivity index (χ0v) is 23.1. The van der Waals surface area contributed by atoms with E-state index in [-0.39, 0.29) is 17.1 Å². The maximum Gasteiger partial charge on any atom is 0.277 e. The summed E-state index contributed by atoms with van der Waals surface area (Å²) in [7, 11) is -2.06. The van der Waals surface area contributed by atoms with Crippen LogP contribution in [0.4, 0.5) is 11.4 Å². The summed E-state index contributed by atoms with van der Waals surface area (Å²) in [5, 5.41) is 23.4. The van der Waals surface area contributed by atoms with E-state index in [1.807, 2.05) is 0 Å². The Labute approximate surface area is 217 Å². The van der Waals surface area contributed by atoms with E-state index >= 15 is 0 Å². The van der Waals surface area contributed by atoms with Crippen LogP contribution in [-0.4, -0.2) is 54.1 Å². The molecule has 0 spiro atoms. The van der Waals surface area contributed by atoms with E-state index in [1.165, 1.54) is 12.1 Å². The summed E-state index contributed by atoms with van der Waals surface area (Å²) in [5.41, 5.74) is -1.99. The molecule has 0 aliphatic carbocycles. The highest BCUT2D eigenvalue weighted by molar-refractivity contribution is 6.74. The van der Waals surface area contributed by atoms with Crippen molar-refractivity contribution >= 4 is 42.3 Å². The molecule has 3 aliphatic rings. The number of ether oxygens (including phenoxy) is 1. The van der Waals surface area contributed by atoms with Crippen molar-refractivity contribution in [2.75, 3.05) is 11.5 Å². The first kappa shape index (κ1) is 26.0. The van der Waals surface area contributed by atoms with Gasteiger partial charge in [0.25, 0.3) is 5.69 Å². The van der Waals surface area contributed by atoms with Gasteiger partial charge in [-0.1, -0.05) is 39.0 Å². The number of carbonyl (C=O) groups is 2. The fraction of sp³-hybridized carbons (Fsp3) is 0.556. The molecule has 2 aromatic rings. The van der Waals surface area contributed by atoms with Gasteiger partial charge in [-0.05, 0) is 43.6 Å². The van der Waals surface area contributed by atoms with Crippen molar-refractivity contribution in [3.05, 3.63) is 46.5 Å². The maximum atomic E-state index is 14.0. The molecule has 9 nitrogen and oxygen atoms in total. The van der Waals surface area contributed by atoms with Gasteiger partial charge in [-0.3, -0.25) is 19.7 Å². The predicted molar refractivity (Wildman–Crippen MR) is 141 cm³/mol. The van der Waals surface area contributed by atoms with Gasteiger partial charge in [-0.15, -0.1) is 0 Å². The monoisotopic (exact) mass is 526 g/mol. The van der Waals surface area contributed by atoms with Crippen LogP contribution in [0.1, 0.15) is 40.5 Å². The lowest BCUT2D eigenvalue weighted by Crippen LogP contribution is -2.50. The summed E-state index contributed by atoms with van der Waals surface area (Å²) in [6.07, 6.45) is -0.257. The van der Waals surface area contributed by atoms with Crippen LogP contribution < -0.4 is 4.90 Å². The lowest BCUT2D eigenvalue weighted by Gasteiger charge is -2.38. The molecule has 0 radical (unpaired) electrons. The van der Waals surface area contributed by atoms with Gasteiger partial charge in [-0.2, -0.15) is 0 Å². The fourth-order valence-corrected chi connectivity index (χ4v) is 7.22. The van der Waals surface area contributed by atoms with Gasteiger partial charge >= 0.3 is 0 Å². The highest BCUT2D eigenvalue weighted by Gasteiger charge is 2.77. The first-order valence-electron chi connectivity index (χ1n) is 12.7. The van der Waals surface area contributed by atoms with Crippen molar-refractivity contribution in [1.82, 2.24) is 0 Å². The number of nitrogens with zero attached hydrogens (tertiary/aromatic N) is 2. The van der Waals surface area contributed by atoms with Crippen molar-refractivity contribution in [2.24, 2.45) is 11.8 Å². The maximum absolute atomic E-state index is 14.0. The van der Waals surface area contributed by atoms with E-state index in [0.717, 1.165) is 4.90 Å². The summed E-state index contributed by atoms with van der Waals surface area (Å²) < 4.78 is 12.8. The van der Waals surface area contributed by atoms with Crippen molar-refractivity contribution in [3.8, 4) is 0 Å². The standard InChI is InChI=1S/C27H34N2O7Si/c1-25(2,3)37(5,6)35-14-13-27-15-20(30)26(4,36-27)21-22(27)24(32)28(23(21)31)18-11-12-19(29(33)34)17-10-8-7-9-16(17)18/h7-12,20-22,30H,13-15H2,1-6H3/t20-,21-,22+,26-,27+/m0/s1. The average Bonchev–Trinajstić information content (AvgIpc) is 3.33. The van der Waals surface area contributed by atoms with Gasteiger partial charge < -0.3 is 14.3 Å². The molecule has 2 aromatic carbocycles. The van der Waals surface area contributed by atoms with Crippen molar-refractivity contribution < 1.29 is 28.8 Å². The Hall–Kier alpha value is -2.66. The van der Waals surface area contributed by atoms with E-state index in [2.05, 4.69) is 33.9 Å². The quantitative estimate of drug-likeness (QED) is 0.254. The first-order valence-corrected chi connectivity index (χ1v) is 15.6. The number of fused-ring (bicyclic) bond motifs is 6. The molecule has 2 bridgehead atoms. The number of nitro groups is 1. The molecule has 3 aliphatic heterocycles. The van der Waals surface area contributed by atoms with Crippen LogP contribution >= 0.6 is 0 Å². The van der Waals surface area contributed by atoms with Crippen LogP contribution in [0.3, 0.4) is 0 Å². The number of amides is 2. The predicted octanol–water partition coefficient (Wildman–Crippen LogP) is 4.56. The third-order valence-electron chi connectivity index (χ3n) is 9.22. The Bertz CT molecular complexity index is 1320. The molecule has 5 atom stereocenters. The highest BCUT2D eigenvalue weighted by Crippen LogP contribution is 2.62. The third kappa shape index (κ3) is 3.60. The number of hydrogen-bond acceptors (Lipinski definition) is 7. The molecule has 10 heteroatoms. The Kier molecular flexibility index (Phi) is 5.73. The largest absolute Gasteiger partial charge is 0.417 e. The number of hydrogen-bond donors (Lipinski definition) is 1. The summed E-state index contributed by atoms with van der Waals surface area (Å²) in [5.74, 6) is -2.43. The van der Waals surface area contributed by atoms with Gasteiger partial charge in [0, 0.05) is 24.5 Å². The number of carbonyl (C=O) groups excluding carboxylic acids is 2. The Morgan fingerprint density at radius 1 is 1.14 bits per heavy atom. The van der Waals surface area contributed by atoms with E-state index in [9.17, 15) is 24.8 Å². The molecule has 5 rings (SSSR count). The van der Waals surface area contributed by atoms with Gasteiger partial charge in [0.15, 0.2) is 8.32 Å². The van der Waals surface area contributed by atoms with E-state index in [0.29, 0.717) is 29.5 Å². The molecule has 3 heterocycles.